The molecule has 1 aromatic carbocycles. The fourth-order valence-electron chi connectivity index (χ4n) is 5.87. The van der Waals surface area contributed by atoms with E-state index < -0.39 is 0 Å². The highest BCUT2D eigenvalue weighted by Crippen LogP contribution is 2.58. The summed E-state index contributed by atoms with van der Waals surface area (Å²) >= 11 is 0. The van der Waals surface area contributed by atoms with Crippen LogP contribution in [0.25, 0.3) is 0 Å². The van der Waals surface area contributed by atoms with Gasteiger partial charge < -0.3 is 20.5 Å². The van der Waals surface area contributed by atoms with Gasteiger partial charge in [-0.15, -0.1) is 0 Å². The maximum Gasteiger partial charge on any atom is 0.226 e. The summed E-state index contributed by atoms with van der Waals surface area (Å²) in [4.78, 5) is 13.3. The number of carbonyl (C=O) groups excluding carboxylic acids is 1. The molecule has 2 bridgehead atoms. The van der Waals surface area contributed by atoms with Crippen molar-refractivity contribution in [2.45, 2.75) is 69.7 Å². The molecule has 1 heterocycles. The second-order valence-electron chi connectivity index (χ2n) is 10.1. The van der Waals surface area contributed by atoms with Crippen molar-refractivity contribution >= 4 is 5.91 Å². The van der Waals surface area contributed by atoms with Crippen LogP contribution in [0.3, 0.4) is 0 Å². The molecular weight excluding hydrogens is 407 g/mol. The first-order valence-corrected chi connectivity index (χ1v) is 12.1. The van der Waals surface area contributed by atoms with Crippen LogP contribution < -0.4 is 15.8 Å². The summed E-state index contributed by atoms with van der Waals surface area (Å²) in [7, 11) is 0. The molecule has 0 aromatic heterocycles. The predicted molar refractivity (Wildman–Crippen MR) is 123 cm³/mol. The lowest BCUT2D eigenvalue weighted by Gasteiger charge is -2.53. The number of fused-ring (bicyclic) bond motifs is 3. The van der Waals surface area contributed by atoms with Gasteiger partial charge in [0, 0.05) is 36.8 Å². The second-order valence-corrected chi connectivity index (χ2v) is 10.1. The fourth-order valence-corrected chi connectivity index (χ4v) is 5.87. The average molecular weight is 445 g/mol. The van der Waals surface area contributed by atoms with Crippen molar-refractivity contribution in [3.63, 3.8) is 0 Å². The summed E-state index contributed by atoms with van der Waals surface area (Å²) in [6.45, 7) is 4.10. The lowest BCUT2D eigenvalue weighted by Crippen LogP contribution is -2.54. The number of benzene rings is 1. The molecule has 0 spiro atoms. The highest BCUT2D eigenvalue weighted by molar-refractivity contribution is 5.83. The van der Waals surface area contributed by atoms with Crippen LogP contribution in [0, 0.1) is 11.3 Å². The first kappa shape index (κ1) is 23.2. The minimum absolute atomic E-state index is 0.154. The van der Waals surface area contributed by atoms with Crippen molar-refractivity contribution in [1.29, 1.82) is 0 Å². The molecule has 5 nitrogen and oxygen atoms in total. The van der Waals surface area contributed by atoms with Gasteiger partial charge in [0.2, 0.25) is 5.91 Å². The lowest BCUT2D eigenvalue weighted by molar-refractivity contribution is -0.139. The number of rotatable bonds is 8. The van der Waals surface area contributed by atoms with Gasteiger partial charge in [-0.1, -0.05) is 12.1 Å². The van der Waals surface area contributed by atoms with Crippen LogP contribution in [0.2, 0.25) is 0 Å². The average Bonchev–Trinajstić information content (AvgIpc) is 2.86. The third-order valence-corrected chi connectivity index (χ3v) is 8.37. The van der Waals surface area contributed by atoms with Gasteiger partial charge in [-0.05, 0) is 87.3 Å². The minimum atomic E-state index is -0.193. The van der Waals surface area contributed by atoms with Gasteiger partial charge in [0.25, 0.3) is 0 Å². The third-order valence-electron chi connectivity index (χ3n) is 8.37. The molecule has 1 atom stereocenters. The van der Waals surface area contributed by atoms with Crippen LogP contribution in [0.15, 0.2) is 36.2 Å². The standard InChI is InChI=1S/C26H37FN2O3/c1-19(21-6-14-31-15-7-21)29-24(30)26-11-8-25(9-12-26,10-13-26)22-2-4-23(5-3-22)32-18-20(16-27)17-28/h2-5,16,19,21H,6-15,17-18,28H2,1H3,(H,29,30)/b20-16+/t19-,25?,26?/m1/s1. The van der Waals surface area contributed by atoms with Gasteiger partial charge in [0.05, 0.1) is 6.33 Å². The Morgan fingerprint density at radius 1 is 1.19 bits per heavy atom. The number of nitrogens with one attached hydrogen (secondary N) is 1. The monoisotopic (exact) mass is 444 g/mol. The first-order chi connectivity index (χ1) is 15.5. The molecule has 5 rings (SSSR count). The lowest BCUT2D eigenvalue weighted by atomic mass is 9.51. The number of nitrogens with two attached hydrogens (primary N) is 1. The second kappa shape index (κ2) is 9.92. The van der Waals surface area contributed by atoms with Crippen LogP contribution in [0.4, 0.5) is 4.39 Å². The smallest absolute Gasteiger partial charge is 0.226 e. The van der Waals surface area contributed by atoms with E-state index in [2.05, 4.69) is 24.4 Å². The van der Waals surface area contributed by atoms with E-state index >= 15 is 0 Å². The molecular formula is C26H37FN2O3. The number of amides is 1. The molecule has 1 aliphatic heterocycles. The van der Waals surface area contributed by atoms with E-state index in [4.69, 9.17) is 15.2 Å². The van der Waals surface area contributed by atoms with Crippen molar-refractivity contribution in [2.75, 3.05) is 26.4 Å². The number of halogens is 1. The van der Waals surface area contributed by atoms with Gasteiger partial charge in [0.15, 0.2) is 0 Å². The Balaban J connectivity index is 1.34. The Bertz CT molecular complexity index is 792. The molecule has 3 N–H and O–H groups in total. The van der Waals surface area contributed by atoms with Crippen molar-refractivity contribution in [3.05, 3.63) is 41.7 Å². The summed E-state index contributed by atoms with van der Waals surface area (Å²) in [5.74, 6) is 1.52. The molecule has 3 aliphatic carbocycles. The molecule has 1 amide bonds. The SMILES string of the molecule is C[C@@H](NC(=O)C12CCC(c3ccc(OC/C(=C/F)CN)cc3)(CC1)CC2)C1CCOCC1. The van der Waals surface area contributed by atoms with Crippen LogP contribution >= 0.6 is 0 Å². The number of ether oxygens (including phenoxy) is 2. The van der Waals surface area contributed by atoms with E-state index in [1.807, 2.05) is 12.1 Å². The summed E-state index contributed by atoms with van der Waals surface area (Å²) in [5.41, 5.74) is 7.22. The van der Waals surface area contributed by atoms with Crippen LogP contribution in [0.1, 0.15) is 63.9 Å². The topological polar surface area (TPSA) is 73.6 Å². The minimum Gasteiger partial charge on any atom is -0.489 e. The molecule has 32 heavy (non-hydrogen) atoms. The molecule has 176 valence electrons. The van der Waals surface area contributed by atoms with E-state index in [0.29, 0.717) is 17.8 Å². The summed E-state index contributed by atoms with van der Waals surface area (Å²) in [6, 6.07) is 8.43. The number of carbonyl (C=O) groups is 1. The van der Waals surface area contributed by atoms with E-state index in [9.17, 15) is 9.18 Å². The van der Waals surface area contributed by atoms with Gasteiger partial charge in [-0.3, -0.25) is 4.79 Å². The van der Waals surface area contributed by atoms with E-state index in [0.717, 1.165) is 70.3 Å². The largest absolute Gasteiger partial charge is 0.489 e. The first-order valence-electron chi connectivity index (χ1n) is 12.1. The maximum absolute atomic E-state index is 13.3. The van der Waals surface area contributed by atoms with Gasteiger partial charge in [-0.25, -0.2) is 4.39 Å². The van der Waals surface area contributed by atoms with Crippen molar-refractivity contribution in [1.82, 2.24) is 5.32 Å². The molecule has 1 aromatic rings. The zero-order valence-electron chi connectivity index (χ0n) is 19.2. The van der Waals surface area contributed by atoms with Crippen molar-refractivity contribution < 1.29 is 18.7 Å². The Kier molecular flexibility index (Phi) is 7.21. The quantitative estimate of drug-likeness (QED) is 0.623. The summed E-state index contributed by atoms with van der Waals surface area (Å²) in [6.07, 6.45) is 8.61. The number of hydrogen-bond acceptors (Lipinski definition) is 4. The van der Waals surface area contributed by atoms with Crippen molar-refractivity contribution in [3.8, 4) is 5.75 Å². The fraction of sp³-hybridized carbons (Fsp3) is 0.654. The van der Waals surface area contributed by atoms with E-state index in [1.165, 1.54) is 5.56 Å². The van der Waals surface area contributed by atoms with Gasteiger partial charge in [-0.2, -0.15) is 0 Å². The van der Waals surface area contributed by atoms with E-state index in [-0.39, 0.29) is 35.9 Å². The molecule has 0 unspecified atom stereocenters. The third kappa shape index (κ3) is 4.72. The highest BCUT2D eigenvalue weighted by atomic mass is 19.1. The Morgan fingerprint density at radius 3 is 2.38 bits per heavy atom. The summed E-state index contributed by atoms with van der Waals surface area (Å²) < 4.78 is 23.8. The predicted octanol–water partition coefficient (Wildman–Crippen LogP) is 4.40. The van der Waals surface area contributed by atoms with Crippen molar-refractivity contribution in [2.24, 2.45) is 17.1 Å². The van der Waals surface area contributed by atoms with Crippen LogP contribution in [-0.2, 0) is 14.9 Å². The summed E-state index contributed by atoms with van der Waals surface area (Å²) in [5, 5.41) is 3.38. The van der Waals surface area contributed by atoms with Crippen LogP contribution in [0.5, 0.6) is 5.75 Å². The molecule has 0 radical (unpaired) electrons. The molecule has 6 heteroatoms. The molecule has 1 saturated heterocycles. The number of hydrogen-bond donors (Lipinski definition) is 2. The maximum atomic E-state index is 13.3. The Morgan fingerprint density at radius 2 is 1.81 bits per heavy atom. The van der Waals surface area contributed by atoms with Gasteiger partial charge >= 0.3 is 0 Å². The Labute approximate surface area is 190 Å². The Hall–Kier alpha value is -1.92. The zero-order chi connectivity index (χ0) is 22.6. The highest BCUT2D eigenvalue weighted by Gasteiger charge is 2.53. The molecule has 3 saturated carbocycles. The normalized spacial score (nSPS) is 29.5. The van der Waals surface area contributed by atoms with Gasteiger partial charge in [0.1, 0.15) is 12.4 Å². The zero-order valence-corrected chi connectivity index (χ0v) is 19.2. The van der Waals surface area contributed by atoms with Crippen LogP contribution in [-0.4, -0.2) is 38.3 Å². The molecule has 4 aliphatic rings. The van der Waals surface area contributed by atoms with E-state index in [1.54, 1.807) is 0 Å². The molecule has 4 fully saturated rings.